The van der Waals surface area contributed by atoms with Crippen molar-refractivity contribution in [2.45, 2.75) is 65.0 Å². The fourth-order valence-electron chi connectivity index (χ4n) is 4.04. The number of rotatable bonds is 10. The molecule has 0 bridgehead atoms. The Morgan fingerprint density at radius 1 is 0.613 bits per heavy atom. The molecule has 3 aromatic rings. The van der Waals surface area contributed by atoms with Crippen LogP contribution >= 0.6 is 0 Å². The summed E-state index contributed by atoms with van der Waals surface area (Å²) < 4.78 is 12.5. The molecule has 4 unspecified atom stereocenters. The van der Waals surface area contributed by atoms with Gasteiger partial charge in [0.05, 0.1) is 24.4 Å². The predicted molar refractivity (Wildman–Crippen MR) is 126 cm³/mol. The van der Waals surface area contributed by atoms with Crippen molar-refractivity contribution in [1.29, 1.82) is 0 Å². The second-order valence-corrected chi connectivity index (χ2v) is 8.32. The molecule has 3 rings (SSSR count). The largest absolute Gasteiger partial charge is 0.508 e. The zero-order valence-electron chi connectivity index (χ0n) is 19.0. The third-order valence-electron chi connectivity index (χ3n) is 5.66. The molecule has 0 spiro atoms. The van der Waals surface area contributed by atoms with Crippen molar-refractivity contribution in [2.75, 3.05) is 0 Å². The molecule has 31 heavy (non-hydrogen) atoms. The minimum atomic E-state index is -0.0262. The van der Waals surface area contributed by atoms with Gasteiger partial charge < -0.3 is 14.6 Å². The second kappa shape index (κ2) is 11.1. The molecule has 3 heteroatoms. The van der Waals surface area contributed by atoms with Gasteiger partial charge in [-0.2, -0.15) is 0 Å². The maximum atomic E-state index is 10.6. The smallest absolute Gasteiger partial charge is 0.119 e. The molecule has 4 atom stereocenters. The molecular formula is C28H34O3. The zero-order chi connectivity index (χ0) is 22.2. The Hall–Kier alpha value is -2.62. The van der Waals surface area contributed by atoms with E-state index >= 15 is 0 Å². The molecule has 0 fully saturated rings. The Morgan fingerprint density at radius 2 is 1.10 bits per heavy atom. The standard InChI is InChI=1S/C28H34O3/c1-20(30-22(3)24-12-7-5-8-13-24)18-26-16-11-17-28(29)27(26)19-21(2)31-23(4)25-14-9-6-10-15-25/h5-17,20-23,29H,18-19H2,1-4H3. The van der Waals surface area contributed by atoms with Crippen molar-refractivity contribution in [3.8, 4) is 5.75 Å². The fourth-order valence-corrected chi connectivity index (χ4v) is 4.04. The SMILES string of the molecule is CC(Cc1cccc(O)c1CC(C)OC(C)c1ccccc1)OC(C)c1ccccc1. The summed E-state index contributed by atoms with van der Waals surface area (Å²) in [5.41, 5.74) is 4.37. The van der Waals surface area contributed by atoms with Crippen LogP contribution in [0.2, 0.25) is 0 Å². The minimum Gasteiger partial charge on any atom is -0.508 e. The van der Waals surface area contributed by atoms with Gasteiger partial charge in [-0.1, -0.05) is 72.8 Å². The summed E-state index contributed by atoms with van der Waals surface area (Å²) in [7, 11) is 0. The van der Waals surface area contributed by atoms with Crippen LogP contribution in [0.3, 0.4) is 0 Å². The van der Waals surface area contributed by atoms with Crippen LogP contribution < -0.4 is 0 Å². The highest BCUT2D eigenvalue weighted by Crippen LogP contribution is 2.28. The van der Waals surface area contributed by atoms with Crippen LogP contribution in [0.25, 0.3) is 0 Å². The van der Waals surface area contributed by atoms with Gasteiger partial charge in [0.2, 0.25) is 0 Å². The van der Waals surface area contributed by atoms with E-state index in [0.29, 0.717) is 12.2 Å². The van der Waals surface area contributed by atoms with Gasteiger partial charge in [-0.25, -0.2) is 0 Å². The van der Waals surface area contributed by atoms with Gasteiger partial charge >= 0.3 is 0 Å². The monoisotopic (exact) mass is 418 g/mol. The Kier molecular flexibility index (Phi) is 8.27. The van der Waals surface area contributed by atoms with Crippen molar-refractivity contribution < 1.29 is 14.6 Å². The van der Waals surface area contributed by atoms with Crippen LogP contribution in [0.15, 0.2) is 78.9 Å². The number of aromatic hydroxyl groups is 1. The summed E-state index contributed by atoms with van der Waals surface area (Å²) in [5.74, 6) is 0.323. The maximum absolute atomic E-state index is 10.6. The van der Waals surface area contributed by atoms with E-state index in [4.69, 9.17) is 9.47 Å². The molecule has 0 radical (unpaired) electrons. The van der Waals surface area contributed by atoms with E-state index in [1.165, 1.54) is 5.56 Å². The van der Waals surface area contributed by atoms with Gasteiger partial charge in [0.1, 0.15) is 5.75 Å². The van der Waals surface area contributed by atoms with Crippen LogP contribution in [-0.2, 0) is 22.3 Å². The van der Waals surface area contributed by atoms with Gasteiger partial charge in [0, 0.05) is 6.42 Å². The van der Waals surface area contributed by atoms with Crippen LogP contribution in [0.4, 0.5) is 0 Å². The molecule has 0 aliphatic carbocycles. The van der Waals surface area contributed by atoms with Crippen molar-refractivity contribution in [3.05, 3.63) is 101 Å². The first kappa shape index (κ1) is 23.1. The maximum Gasteiger partial charge on any atom is 0.119 e. The summed E-state index contributed by atoms with van der Waals surface area (Å²) in [4.78, 5) is 0. The third-order valence-corrected chi connectivity index (χ3v) is 5.66. The highest BCUT2D eigenvalue weighted by molar-refractivity contribution is 5.40. The van der Waals surface area contributed by atoms with Gasteiger partial charge in [0.25, 0.3) is 0 Å². The molecule has 0 saturated carbocycles. The quantitative estimate of drug-likeness (QED) is 0.393. The Balaban J connectivity index is 1.64. The highest BCUT2D eigenvalue weighted by Gasteiger charge is 2.18. The molecular weight excluding hydrogens is 384 g/mol. The Labute approximate surface area is 186 Å². The average molecular weight is 419 g/mol. The summed E-state index contributed by atoms with van der Waals surface area (Å²) in [6, 6.07) is 26.2. The molecule has 164 valence electrons. The average Bonchev–Trinajstić information content (AvgIpc) is 2.77. The fraction of sp³-hybridized carbons (Fsp3) is 0.357. The first-order chi connectivity index (χ1) is 14.9. The highest BCUT2D eigenvalue weighted by atomic mass is 16.5. The van der Waals surface area contributed by atoms with Crippen LogP contribution in [-0.4, -0.2) is 17.3 Å². The van der Waals surface area contributed by atoms with E-state index in [0.717, 1.165) is 23.1 Å². The van der Waals surface area contributed by atoms with E-state index in [2.05, 4.69) is 58.0 Å². The van der Waals surface area contributed by atoms with Crippen molar-refractivity contribution in [2.24, 2.45) is 0 Å². The summed E-state index contributed by atoms with van der Waals surface area (Å²) in [6.45, 7) is 8.30. The Morgan fingerprint density at radius 3 is 1.61 bits per heavy atom. The molecule has 0 saturated heterocycles. The second-order valence-electron chi connectivity index (χ2n) is 8.32. The van der Waals surface area contributed by atoms with Crippen LogP contribution in [0.1, 0.15) is 62.2 Å². The first-order valence-electron chi connectivity index (χ1n) is 11.1. The number of benzene rings is 3. The molecule has 0 amide bonds. The third kappa shape index (κ3) is 6.68. The summed E-state index contributed by atoms with van der Waals surface area (Å²) >= 11 is 0. The number of hydrogen-bond acceptors (Lipinski definition) is 3. The van der Waals surface area contributed by atoms with E-state index in [1.807, 2.05) is 42.5 Å². The molecule has 3 aromatic carbocycles. The van der Waals surface area contributed by atoms with Gasteiger partial charge in [-0.05, 0) is 62.4 Å². The van der Waals surface area contributed by atoms with E-state index in [9.17, 15) is 5.11 Å². The molecule has 0 heterocycles. The van der Waals surface area contributed by atoms with E-state index in [1.54, 1.807) is 6.07 Å². The van der Waals surface area contributed by atoms with Crippen molar-refractivity contribution in [3.63, 3.8) is 0 Å². The van der Waals surface area contributed by atoms with Crippen LogP contribution in [0, 0.1) is 0 Å². The summed E-state index contributed by atoms with van der Waals surface area (Å²) in [5, 5.41) is 10.6. The lowest BCUT2D eigenvalue weighted by Crippen LogP contribution is -2.18. The lowest BCUT2D eigenvalue weighted by molar-refractivity contribution is 0.00435. The summed E-state index contributed by atoms with van der Waals surface area (Å²) in [6.07, 6.45) is 1.41. The predicted octanol–water partition coefficient (Wildman–Crippen LogP) is 6.81. The number of phenolic OH excluding ortho intramolecular Hbond substituents is 1. The normalized spacial score (nSPS) is 15.2. The molecule has 0 aromatic heterocycles. The van der Waals surface area contributed by atoms with Gasteiger partial charge in [-0.3, -0.25) is 0 Å². The molecule has 0 aliphatic rings. The minimum absolute atomic E-state index is 0.000478. The Bertz CT molecular complexity index is 924. The lowest BCUT2D eigenvalue weighted by Gasteiger charge is -2.23. The molecule has 0 aliphatic heterocycles. The number of hydrogen-bond donors (Lipinski definition) is 1. The topological polar surface area (TPSA) is 38.7 Å². The van der Waals surface area contributed by atoms with Gasteiger partial charge in [0.15, 0.2) is 0 Å². The van der Waals surface area contributed by atoms with Crippen LogP contribution in [0.5, 0.6) is 5.75 Å². The zero-order valence-corrected chi connectivity index (χ0v) is 19.0. The van der Waals surface area contributed by atoms with Crippen molar-refractivity contribution in [1.82, 2.24) is 0 Å². The lowest BCUT2D eigenvalue weighted by atomic mass is 9.96. The van der Waals surface area contributed by atoms with E-state index in [-0.39, 0.29) is 24.4 Å². The van der Waals surface area contributed by atoms with Gasteiger partial charge in [-0.15, -0.1) is 0 Å². The molecule has 3 nitrogen and oxygen atoms in total. The number of phenols is 1. The van der Waals surface area contributed by atoms with Crippen molar-refractivity contribution >= 4 is 0 Å². The molecule has 1 N–H and O–H groups in total. The number of ether oxygens (including phenoxy) is 2. The van der Waals surface area contributed by atoms with E-state index < -0.39 is 0 Å². The first-order valence-corrected chi connectivity index (χ1v) is 11.1.